The summed E-state index contributed by atoms with van der Waals surface area (Å²) in [5.41, 5.74) is -5.76. The fraction of sp³-hybridized carbons (Fsp3) is 1.00. The van der Waals surface area contributed by atoms with Crippen LogP contribution in [0, 0.1) is 40.5 Å². The van der Waals surface area contributed by atoms with Crippen LogP contribution in [0.15, 0.2) is 0 Å². The summed E-state index contributed by atoms with van der Waals surface area (Å²) in [6, 6.07) is 0. The molecule has 0 unspecified atom stereocenters. The van der Waals surface area contributed by atoms with Gasteiger partial charge in [-0.3, -0.25) is 45.8 Å². The summed E-state index contributed by atoms with van der Waals surface area (Å²) in [5, 5.41) is 63.1. The highest BCUT2D eigenvalue weighted by molar-refractivity contribution is 4.76. The third-order valence-electron chi connectivity index (χ3n) is 3.20. The first kappa shape index (κ1) is 20.5. The molecule has 0 aromatic rings. The molecule has 15 heteroatoms. The van der Waals surface area contributed by atoms with Crippen molar-refractivity contribution in [3.63, 3.8) is 0 Å². The lowest BCUT2D eigenvalue weighted by Gasteiger charge is -2.20. The van der Waals surface area contributed by atoms with Crippen molar-refractivity contribution < 1.29 is 29.9 Å². The molecule has 15 nitrogen and oxygen atoms in total. The molecule has 3 N–H and O–H groups in total. The summed E-state index contributed by atoms with van der Waals surface area (Å²) < 4.78 is 0. The molecule has 0 aliphatic carbocycles. The fourth-order valence-corrected chi connectivity index (χ4v) is 1.75. The van der Waals surface area contributed by atoms with E-state index in [1.807, 2.05) is 5.32 Å². The van der Waals surface area contributed by atoms with E-state index >= 15 is 0 Å². The molecule has 0 rings (SSSR count). The molecule has 23 heavy (non-hydrogen) atoms. The van der Waals surface area contributed by atoms with Crippen LogP contribution in [0.4, 0.5) is 0 Å². The Morgan fingerprint density at radius 2 is 0.957 bits per heavy atom. The van der Waals surface area contributed by atoms with Crippen molar-refractivity contribution in [1.29, 1.82) is 0 Å². The van der Waals surface area contributed by atoms with Gasteiger partial charge in [-0.1, -0.05) is 0 Å². The summed E-state index contributed by atoms with van der Waals surface area (Å²) in [5.74, 6) is 0. The zero-order chi connectivity index (χ0) is 18.3. The van der Waals surface area contributed by atoms with E-state index in [1.165, 1.54) is 0 Å². The van der Waals surface area contributed by atoms with E-state index in [1.54, 1.807) is 0 Å². The van der Waals surface area contributed by atoms with Gasteiger partial charge in [0.15, 0.2) is 0 Å². The minimum atomic E-state index is -2.88. The van der Waals surface area contributed by atoms with Gasteiger partial charge in [-0.05, 0) is 0 Å². The van der Waals surface area contributed by atoms with E-state index in [4.69, 9.17) is 10.2 Å². The normalized spacial score (nSPS) is 11.9. The second-order valence-electron chi connectivity index (χ2n) is 4.54. The number of hydrogen-bond donors (Lipinski definition) is 3. The van der Waals surface area contributed by atoms with Gasteiger partial charge in [-0.25, -0.2) is 0 Å². The minimum Gasteiger partial charge on any atom is -0.396 e. The van der Waals surface area contributed by atoms with Crippen molar-refractivity contribution in [1.82, 2.24) is 5.32 Å². The van der Waals surface area contributed by atoms with E-state index in [2.05, 4.69) is 0 Å². The monoisotopic (exact) mass is 341 g/mol. The number of nitrogens with one attached hydrogen (secondary N) is 1. The van der Waals surface area contributed by atoms with Crippen molar-refractivity contribution in [2.75, 3.05) is 26.3 Å². The number of aliphatic hydroxyl groups excluding tert-OH is 2. The number of aliphatic hydroxyl groups is 2. The van der Waals surface area contributed by atoms with Gasteiger partial charge in [-0.2, -0.15) is 0 Å². The van der Waals surface area contributed by atoms with E-state index in [9.17, 15) is 40.5 Å². The van der Waals surface area contributed by atoms with Crippen LogP contribution in [0.5, 0.6) is 0 Å². The summed E-state index contributed by atoms with van der Waals surface area (Å²) in [7, 11) is 0. The van der Waals surface area contributed by atoms with Gasteiger partial charge < -0.3 is 10.2 Å². The van der Waals surface area contributed by atoms with Crippen molar-refractivity contribution in [3.05, 3.63) is 40.5 Å². The molecule has 0 saturated heterocycles. The minimum absolute atomic E-state index is 0.899. The highest BCUT2D eigenvalue weighted by Crippen LogP contribution is 2.18. The Bertz CT molecular complexity index is 412. The maximum atomic E-state index is 10.9. The second kappa shape index (κ2) is 8.20. The van der Waals surface area contributed by atoms with Crippen molar-refractivity contribution in [2.24, 2.45) is 0 Å². The summed E-state index contributed by atoms with van der Waals surface area (Å²) >= 11 is 0. The molecule has 0 fully saturated rings. The molecule has 0 bridgehead atoms. The Morgan fingerprint density at radius 3 is 1.13 bits per heavy atom. The average Bonchev–Trinajstić information content (AvgIpc) is 2.43. The van der Waals surface area contributed by atoms with Gasteiger partial charge in [0.05, 0.1) is 32.9 Å². The topological polar surface area (TPSA) is 225 Å². The van der Waals surface area contributed by atoms with Gasteiger partial charge in [0.25, 0.3) is 0 Å². The van der Waals surface area contributed by atoms with Crippen LogP contribution in [-0.2, 0) is 0 Å². The maximum Gasteiger partial charge on any atom is 0.472 e. The zero-order valence-corrected chi connectivity index (χ0v) is 11.7. The molecule has 0 amide bonds. The van der Waals surface area contributed by atoms with Gasteiger partial charge in [-0.15, -0.1) is 0 Å². The highest BCUT2D eigenvalue weighted by atomic mass is 16.7. The number of hydrogen-bond acceptors (Lipinski definition) is 11. The smallest absolute Gasteiger partial charge is 0.396 e. The summed E-state index contributed by atoms with van der Waals surface area (Å²) in [6.07, 6.45) is -1.80. The van der Waals surface area contributed by atoms with E-state index in [0.717, 1.165) is 0 Å². The first-order valence-electron chi connectivity index (χ1n) is 6.11. The number of nitrogens with zero attached hydrogens (tertiary/aromatic N) is 4. The molecule has 132 valence electrons. The third kappa shape index (κ3) is 4.24. The molecule has 0 radical (unpaired) electrons. The number of rotatable bonds is 12. The van der Waals surface area contributed by atoms with Crippen LogP contribution in [0.2, 0.25) is 0 Å². The molecule has 0 heterocycles. The summed E-state index contributed by atoms with van der Waals surface area (Å²) in [4.78, 5) is 38.5. The van der Waals surface area contributed by atoms with Crippen molar-refractivity contribution in [3.8, 4) is 0 Å². The lowest BCUT2D eigenvalue weighted by Crippen LogP contribution is -2.59. The fourth-order valence-electron chi connectivity index (χ4n) is 1.75. The predicted octanol–water partition coefficient (Wildman–Crippen LogP) is -2.16. The molecular formula is C8H15N5O10. The average molecular weight is 341 g/mol. The Morgan fingerprint density at radius 1 is 0.696 bits per heavy atom. The lowest BCUT2D eigenvalue weighted by atomic mass is 10.1. The Hall–Kier alpha value is -2.52. The summed E-state index contributed by atoms with van der Waals surface area (Å²) in [6.45, 7) is -3.98. The molecular weight excluding hydrogens is 326 g/mol. The third-order valence-corrected chi connectivity index (χ3v) is 3.20. The lowest BCUT2D eigenvalue weighted by molar-refractivity contribution is -0.800. The van der Waals surface area contributed by atoms with Crippen molar-refractivity contribution >= 4 is 0 Å². The Labute approximate surface area is 127 Å². The van der Waals surface area contributed by atoms with Crippen LogP contribution in [0.1, 0.15) is 12.8 Å². The van der Waals surface area contributed by atoms with Gasteiger partial charge in [0.2, 0.25) is 0 Å². The molecule has 0 atom stereocenters. The standard InChI is InChI=1S/C8H15N5O10/c14-3-1-7(10(16)17,11(18)19)5-9-6-8(2-4-15,12(20)21)13(22)23/h9,14-15H,1-6H2. The largest absolute Gasteiger partial charge is 0.472 e. The quantitative estimate of drug-likeness (QED) is 0.197. The maximum absolute atomic E-state index is 10.9. The van der Waals surface area contributed by atoms with E-state index in [-0.39, 0.29) is 0 Å². The zero-order valence-electron chi connectivity index (χ0n) is 11.7. The van der Waals surface area contributed by atoms with Crippen LogP contribution in [0.3, 0.4) is 0 Å². The first-order chi connectivity index (χ1) is 10.6. The van der Waals surface area contributed by atoms with Gasteiger partial charge >= 0.3 is 11.3 Å². The Kier molecular flexibility index (Phi) is 7.30. The van der Waals surface area contributed by atoms with Crippen LogP contribution >= 0.6 is 0 Å². The van der Waals surface area contributed by atoms with Crippen LogP contribution in [-0.4, -0.2) is 67.5 Å². The van der Waals surface area contributed by atoms with Crippen LogP contribution in [0.25, 0.3) is 0 Å². The second-order valence-corrected chi connectivity index (χ2v) is 4.54. The molecule has 0 spiro atoms. The Balaban J connectivity index is 5.31. The molecule has 0 aliphatic heterocycles. The van der Waals surface area contributed by atoms with E-state index in [0.29, 0.717) is 0 Å². The highest BCUT2D eigenvalue weighted by Gasteiger charge is 2.59. The van der Waals surface area contributed by atoms with Crippen LogP contribution < -0.4 is 5.32 Å². The first-order valence-corrected chi connectivity index (χ1v) is 6.11. The predicted molar refractivity (Wildman–Crippen MR) is 69.7 cm³/mol. The molecule has 0 aromatic heterocycles. The van der Waals surface area contributed by atoms with Crippen molar-refractivity contribution in [2.45, 2.75) is 24.2 Å². The molecule has 0 saturated carbocycles. The SMILES string of the molecule is O=[N+]([O-])C(CCO)(CNCC(CCO)([N+](=O)[O-])[N+](=O)[O-])[N+](=O)[O-]. The van der Waals surface area contributed by atoms with E-state index < -0.39 is 70.2 Å². The number of nitro groups is 4. The molecule has 0 aromatic carbocycles. The van der Waals surface area contributed by atoms with Gasteiger partial charge in [0.1, 0.15) is 25.9 Å². The van der Waals surface area contributed by atoms with Gasteiger partial charge in [0, 0.05) is 0 Å². The molecule has 0 aliphatic rings.